The molecule has 1 fully saturated rings. The predicted molar refractivity (Wildman–Crippen MR) is 122 cm³/mol. The number of imidazole rings is 1. The summed E-state index contributed by atoms with van der Waals surface area (Å²) in [6.07, 6.45) is 9.40. The van der Waals surface area contributed by atoms with E-state index in [-0.39, 0.29) is 23.4 Å². The fourth-order valence-electron chi connectivity index (χ4n) is 4.25. The molecule has 6 nitrogen and oxygen atoms in total. The lowest BCUT2D eigenvalue weighted by Gasteiger charge is -2.29. The van der Waals surface area contributed by atoms with Crippen molar-refractivity contribution in [1.29, 1.82) is 0 Å². The van der Waals surface area contributed by atoms with E-state index in [1.807, 2.05) is 47.2 Å². The van der Waals surface area contributed by atoms with Gasteiger partial charge in [0.05, 0.1) is 12.4 Å². The van der Waals surface area contributed by atoms with Crippen LogP contribution in [0.3, 0.4) is 0 Å². The third kappa shape index (κ3) is 5.82. The summed E-state index contributed by atoms with van der Waals surface area (Å²) in [5, 5.41) is 8.44. The second-order valence-corrected chi connectivity index (χ2v) is 9.24. The number of amides is 2. The van der Waals surface area contributed by atoms with Gasteiger partial charge >= 0.3 is 0 Å². The van der Waals surface area contributed by atoms with Crippen LogP contribution in [0, 0.1) is 0 Å². The first-order valence-corrected chi connectivity index (χ1v) is 11.6. The Morgan fingerprint density at radius 2 is 2.13 bits per heavy atom. The number of thiophene rings is 1. The number of hydrogen-bond donors (Lipinski definition) is 2. The Morgan fingerprint density at radius 3 is 2.81 bits per heavy atom. The van der Waals surface area contributed by atoms with Crippen LogP contribution in [0.2, 0.25) is 0 Å². The number of carbonyl (C=O) groups is 2. The minimum absolute atomic E-state index is 0.0196. The zero-order valence-electron chi connectivity index (χ0n) is 17.5. The van der Waals surface area contributed by atoms with Gasteiger partial charge in [0.25, 0.3) is 0 Å². The van der Waals surface area contributed by atoms with Gasteiger partial charge in [0.1, 0.15) is 0 Å². The largest absolute Gasteiger partial charge is 0.350 e. The Balaban J connectivity index is 1.38. The molecule has 0 bridgehead atoms. The number of aryl methyl sites for hydroxylation is 1. The molecule has 4 rings (SSSR count). The Hall–Kier alpha value is -2.93. The summed E-state index contributed by atoms with van der Waals surface area (Å²) in [7, 11) is 0. The van der Waals surface area contributed by atoms with Crippen molar-refractivity contribution in [3.63, 3.8) is 0 Å². The highest BCUT2D eigenvalue weighted by Crippen LogP contribution is 2.31. The van der Waals surface area contributed by atoms with Crippen molar-refractivity contribution in [2.24, 2.45) is 0 Å². The van der Waals surface area contributed by atoms with Gasteiger partial charge in [-0.1, -0.05) is 36.4 Å². The molecule has 2 amide bonds. The number of nitrogens with zero attached hydrogens (tertiary/aromatic N) is 2. The zero-order valence-corrected chi connectivity index (χ0v) is 18.3. The summed E-state index contributed by atoms with van der Waals surface area (Å²) in [6.45, 7) is 0.776. The summed E-state index contributed by atoms with van der Waals surface area (Å²) >= 11 is 1.70. The van der Waals surface area contributed by atoms with Crippen LogP contribution in [0.25, 0.3) is 0 Å². The average Bonchev–Trinajstić information content (AvgIpc) is 3.54. The van der Waals surface area contributed by atoms with Crippen LogP contribution in [0.5, 0.6) is 0 Å². The van der Waals surface area contributed by atoms with Gasteiger partial charge in [-0.15, -0.1) is 11.3 Å². The lowest BCUT2D eigenvalue weighted by atomic mass is 9.87. The molecule has 1 aliphatic heterocycles. The Kier molecular flexibility index (Phi) is 6.82. The first kappa shape index (κ1) is 21.3. The molecule has 31 heavy (non-hydrogen) atoms. The highest BCUT2D eigenvalue weighted by Gasteiger charge is 2.38. The van der Waals surface area contributed by atoms with Crippen molar-refractivity contribution in [3.05, 3.63) is 77.0 Å². The first-order valence-electron chi connectivity index (χ1n) is 10.8. The van der Waals surface area contributed by atoms with Crippen LogP contribution < -0.4 is 10.6 Å². The quantitative estimate of drug-likeness (QED) is 0.507. The Morgan fingerprint density at radius 1 is 1.26 bits per heavy atom. The molecule has 162 valence electrons. The summed E-state index contributed by atoms with van der Waals surface area (Å²) in [5.41, 5.74) is 0.775. The molecule has 1 saturated heterocycles. The van der Waals surface area contributed by atoms with Crippen molar-refractivity contribution in [1.82, 2.24) is 20.2 Å². The number of benzene rings is 1. The summed E-state index contributed by atoms with van der Waals surface area (Å²) < 4.78 is 2.02. The van der Waals surface area contributed by atoms with Gasteiger partial charge in [-0.05, 0) is 36.3 Å². The van der Waals surface area contributed by atoms with Crippen molar-refractivity contribution in [2.75, 3.05) is 0 Å². The van der Waals surface area contributed by atoms with Crippen LogP contribution in [0.15, 0.2) is 66.6 Å². The van der Waals surface area contributed by atoms with E-state index in [4.69, 9.17) is 0 Å². The fraction of sp³-hybridized carbons (Fsp3) is 0.375. The second kappa shape index (κ2) is 9.92. The molecule has 1 aromatic carbocycles. The van der Waals surface area contributed by atoms with Crippen molar-refractivity contribution in [3.8, 4) is 0 Å². The minimum Gasteiger partial charge on any atom is -0.350 e. The van der Waals surface area contributed by atoms with Crippen molar-refractivity contribution in [2.45, 2.75) is 56.7 Å². The molecule has 7 heteroatoms. The summed E-state index contributed by atoms with van der Waals surface area (Å²) in [6, 6.07) is 14.1. The van der Waals surface area contributed by atoms with Gasteiger partial charge in [-0.2, -0.15) is 0 Å². The first-order chi connectivity index (χ1) is 15.1. The molecular weight excluding hydrogens is 408 g/mol. The normalized spacial score (nSPS) is 19.2. The Labute approximate surface area is 186 Å². The summed E-state index contributed by atoms with van der Waals surface area (Å²) in [4.78, 5) is 30.2. The van der Waals surface area contributed by atoms with Crippen LogP contribution >= 0.6 is 11.3 Å². The monoisotopic (exact) mass is 436 g/mol. The Bertz CT molecular complexity index is 972. The van der Waals surface area contributed by atoms with E-state index >= 15 is 0 Å². The van der Waals surface area contributed by atoms with E-state index < -0.39 is 0 Å². The number of carbonyl (C=O) groups excluding carboxylic acids is 2. The van der Waals surface area contributed by atoms with Crippen molar-refractivity contribution < 1.29 is 9.59 Å². The van der Waals surface area contributed by atoms with Gasteiger partial charge in [0.15, 0.2) is 0 Å². The highest BCUT2D eigenvalue weighted by molar-refractivity contribution is 7.09. The molecule has 0 spiro atoms. The van der Waals surface area contributed by atoms with Crippen LogP contribution in [-0.2, 0) is 22.6 Å². The number of nitrogens with one attached hydrogen (secondary N) is 2. The van der Waals surface area contributed by atoms with Gasteiger partial charge < -0.3 is 15.2 Å². The molecule has 2 atom stereocenters. The van der Waals surface area contributed by atoms with Gasteiger partial charge in [0.2, 0.25) is 11.8 Å². The molecular formula is C24H28N4O2S. The molecule has 2 aromatic heterocycles. The topological polar surface area (TPSA) is 76.0 Å². The lowest BCUT2D eigenvalue weighted by molar-refractivity contribution is -0.123. The maximum absolute atomic E-state index is 12.9. The third-order valence-electron chi connectivity index (χ3n) is 5.93. The van der Waals surface area contributed by atoms with E-state index in [0.717, 1.165) is 31.4 Å². The molecule has 2 N–H and O–H groups in total. The van der Waals surface area contributed by atoms with E-state index in [1.54, 1.807) is 23.9 Å². The van der Waals surface area contributed by atoms with E-state index in [9.17, 15) is 9.59 Å². The highest BCUT2D eigenvalue weighted by atomic mass is 32.1. The molecule has 3 aromatic rings. The second-order valence-electron chi connectivity index (χ2n) is 8.20. The van der Waals surface area contributed by atoms with Crippen LogP contribution in [-0.4, -0.2) is 26.9 Å². The number of hydrogen-bond acceptors (Lipinski definition) is 4. The van der Waals surface area contributed by atoms with E-state index in [0.29, 0.717) is 19.3 Å². The van der Waals surface area contributed by atoms with Crippen molar-refractivity contribution >= 4 is 23.2 Å². The van der Waals surface area contributed by atoms with Crippen LogP contribution in [0.1, 0.15) is 48.6 Å². The summed E-state index contributed by atoms with van der Waals surface area (Å²) in [5.74, 6) is 0.102. The SMILES string of the molecule is O=C(CC[C@]1(Cc2cccs2)CCC(=O)N1)N[C@@H](CCn1ccnc1)c1ccccc1. The van der Waals surface area contributed by atoms with E-state index in [2.05, 4.69) is 27.1 Å². The molecule has 0 unspecified atom stereocenters. The number of rotatable bonds is 10. The average molecular weight is 437 g/mol. The van der Waals surface area contributed by atoms with Gasteiger partial charge in [0, 0.05) is 48.6 Å². The number of aromatic nitrogens is 2. The lowest BCUT2D eigenvalue weighted by Crippen LogP contribution is -2.44. The predicted octanol–water partition coefficient (Wildman–Crippen LogP) is 3.86. The minimum atomic E-state index is -0.321. The zero-order chi connectivity index (χ0) is 21.5. The molecule has 0 aliphatic carbocycles. The third-order valence-corrected chi connectivity index (χ3v) is 6.81. The molecule has 1 aliphatic rings. The smallest absolute Gasteiger partial charge is 0.220 e. The fourth-order valence-corrected chi connectivity index (χ4v) is 5.10. The van der Waals surface area contributed by atoms with Gasteiger partial charge in [-0.25, -0.2) is 4.98 Å². The molecule has 0 saturated carbocycles. The maximum Gasteiger partial charge on any atom is 0.220 e. The maximum atomic E-state index is 12.9. The van der Waals surface area contributed by atoms with Crippen LogP contribution in [0.4, 0.5) is 0 Å². The molecule has 0 radical (unpaired) electrons. The van der Waals surface area contributed by atoms with E-state index in [1.165, 1.54) is 4.88 Å². The van der Waals surface area contributed by atoms with Gasteiger partial charge in [-0.3, -0.25) is 9.59 Å². The molecule has 3 heterocycles. The standard InChI is InChI=1S/C24H28N4O2S/c29-22(8-11-24(12-9-23(30)27-24)17-20-7-4-16-31-20)26-21(19-5-2-1-3-6-19)10-14-28-15-13-25-18-28/h1-7,13,15-16,18,21H,8-12,14,17H2,(H,26,29)(H,27,30)/t21-,24+/m0/s1.